The minimum Gasteiger partial charge on any atom is -0.481 e. The van der Waals surface area contributed by atoms with Crippen LogP contribution in [0, 0.1) is 10.1 Å². The molecule has 0 unspecified atom stereocenters. The van der Waals surface area contributed by atoms with Gasteiger partial charge in [0.15, 0.2) is 0 Å². The first-order valence-electron chi connectivity index (χ1n) is 4.57. The number of carboxylic acid groups (broad SMARTS) is 1. The van der Waals surface area contributed by atoms with Crippen molar-refractivity contribution < 1.29 is 14.8 Å². The van der Waals surface area contributed by atoms with Crippen molar-refractivity contribution in [1.29, 1.82) is 0 Å². The molecule has 86 valence electrons. The number of aliphatic carboxylic acids is 1. The van der Waals surface area contributed by atoms with Gasteiger partial charge in [-0.05, 0) is 6.42 Å². The van der Waals surface area contributed by atoms with E-state index in [0.29, 0.717) is 0 Å². The van der Waals surface area contributed by atoms with Gasteiger partial charge in [-0.25, -0.2) is 0 Å². The average Bonchev–Trinajstić information content (AvgIpc) is 2.20. The third kappa shape index (κ3) is 3.19. The van der Waals surface area contributed by atoms with Gasteiger partial charge in [-0.15, -0.1) is 0 Å². The Morgan fingerprint density at radius 2 is 2.19 bits per heavy atom. The lowest BCUT2D eigenvalue weighted by molar-refractivity contribution is -0.385. The predicted octanol–water partition coefficient (Wildman–Crippen LogP) is 0.621. The molecule has 7 heteroatoms. The van der Waals surface area contributed by atoms with E-state index in [-0.39, 0.29) is 30.6 Å². The van der Waals surface area contributed by atoms with Gasteiger partial charge < -0.3 is 9.67 Å². The van der Waals surface area contributed by atoms with Crippen molar-refractivity contribution in [2.75, 3.05) is 0 Å². The number of hydrogen-bond acceptors (Lipinski definition) is 4. The molecule has 7 nitrogen and oxygen atoms in total. The first kappa shape index (κ1) is 11.9. The molecule has 1 N–H and O–H groups in total. The van der Waals surface area contributed by atoms with Crippen molar-refractivity contribution in [3.05, 3.63) is 38.8 Å². The minimum atomic E-state index is -0.960. The van der Waals surface area contributed by atoms with E-state index in [0.717, 1.165) is 22.9 Å². The molecule has 0 spiro atoms. The molecule has 1 aromatic heterocycles. The number of aromatic nitrogens is 1. The van der Waals surface area contributed by atoms with Gasteiger partial charge in [0, 0.05) is 25.1 Å². The highest BCUT2D eigenvalue weighted by molar-refractivity contribution is 5.66. The molecule has 0 aliphatic rings. The summed E-state index contributed by atoms with van der Waals surface area (Å²) in [5, 5.41) is 18.9. The van der Waals surface area contributed by atoms with Crippen LogP contribution in [0.5, 0.6) is 0 Å². The Hall–Kier alpha value is -2.18. The second-order valence-electron chi connectivity index (χ2n) is 3.17. The monoisotopic (exact) mass is 226 g/mol. The standard InChI is InChI=1S/C9H10N2O5/c12-8-4-3-7(11(15)16)6-10(8)5-1-2-9(13)14/h3-4,6H,1-2,5H2,(H,13,14). The van der Waals surface area contributed by atoms with Crippen LogP contribution < -0.4 is 5.56 Å². The number of carbonyl (C=O) groups is 1. The number of nitrogens with zero attached hydrogens (tertiary/aromatic N) is 2. The van der Waals surface area contributed by atoms with Crippen LogP contribution in [0.2, 0.25) is 0 Å². The van der Waals surface area contributed by atoms with Gasteiger partial charge >= 0.3 is 5.97 Å². The average molecular weight is 226 g/mol. The van der Waals surface area contributed by atoms with Crippen LogP contribution in [-0.4, -0.2) is 20.6 Å². The fourth-order valence-electron chi connectivity index (χ4n) is 1.20. The normalized spacial score (nSPS) is 10.0. The number of nitro groups is 1. The molecular formula is C9H10N2O5. The zero-order valence-corrected chi connectivity index (χ0v) is 8.33. The molecule has 0 aliphatic carbocycles. The summed E-state index contributed by atoms with van der Waals surface area (Å²) in [4.78, 5) is 31.4. The van der Waals surface area contributed by atoms with Crippen LogP contribution >= 0.6 is 0 Å². The summed E-state index contributed by atoms with van der Waals surface area (Å²) in [7, 11) is 0. The van der Waals surface area contributed by atoms with Crippen LogP contribution in [0.1, 0.15) is 12.8 Å². The Labute approximate surface area is 90.1 Å². The predicted molar refractivity (Wildman–Crippen MR) is 54.2 cm³/mol. The van der Waals surface area contributed by atoms with E-state index in [9.17, 15) is 19.7 Å². The molecule has 0 atom stereocenters. The van der Waals surface area contributed by atoms with E-state index < -0.39 is 10.9 Å². The number of pyridine rings is 1. The van der Waals surface area contributed by atoms with Crippen LogP contribution in [-0.2, 0) is 11.3 Å². The number of rotatable bonds is 5. The van der Waals surface area contributed by atoms with Crippen LogP contribution in [0.25, 0.3) is 0 Å². The summed E-state index contributed by atoms with van der Waals surface area (Å²) in [6.45, 7) is 0.160. The topological polar surface area (TPSA) is 102 Å². The third-order valence-electron chi connectivity index (χ3n) is 1.97. The van der Waals surface area contributed by atoms with E-state index in [2.05, 4.69) is 0 Å². The van der Waals surface area contributed by atoms with Gasteiger partial charge in [-0.3, -0.25) is 19.7 Å². The maximum Gasteiger partial charge on any atom is 0.303 e. The SMILES string of the molecule is O=C(O)CCCn1cc([N+](=O)[O-])ccc1=O. The molecular weight excluding hydrogens is 216 g/mol. The van der Waals surface area contributed by atoms with Gasteiger partial charge in [0.25, 0.3) is 11.2 Å². The summed E-state index contributed by atoms with van der Waals surface area (Å²) in [5.74, 6) is -0.960. The van der Waals surface area contributed by atoms with Gasteiger partial charge in [0.1, 0.15) is 0 Å². The van der Waals surface area contributed by atoms with Crippen molar-refractivity contribution in [2.24, 2.45) is 0 Å². The van der Waals surface area contributed by atoms with Crippen molar-refractivity contribution in [1.82, 2.24) is 4.57 Å². The van der Waals surface area contributed by atoms with Gasteiger partial charge in [-0.2, -0.15) is 0 Å². The molecule has 0 aromatic carbocycles. The molecule has 0 fully saturated rings. The molecule has 1 heterocycles. The molecule has 0 saturated heterocycles. The minimum absolute atomic E-state index is 0.0743. The molecule has 0 saturated carbocycles. The lowest BCUT2D eigenvalue weighted by Crippen LogP contribution is -2.19. The smallest absolute Gasteiger partial charge is 0.303 e. The lowest BCUT2D eigenvalue weighted by atomic mass is 10.3. The zero-order chi connectivity index (χ0) is 12.1. The van der Waals surface area contributed by atoms with Crippen molar-refractivity contribution in [3.63, 3.8) is 0 Å². The van der Waals surface area contributed by atoms with Crippen LogP contribution in [0.3, 0.4) is 0 Å². The quantitative estimate of drug-likeness (QED) is 0.585. The summed E-state index contributed by atoms with van der Waals surface area (Å²) in [6, 6.07) is 2.22. The van der Waals surface area contributed by atoms with E-state index in [1.165, 1.54) is 0 Å². The molecule has 0 aliphatic heterocycles. The summed E-state index contributed by atoms with van der Waals surface area (Å²) < 4.78 is 1.14. The molecule has 0 bridgehead atoms. The van der Waals surface area contributed by atoms with Crippen LogP contribution in [0.4, 0.5) is 5.69 Å². The highest BCUT2D eigenvalue weighted by Crippen LogP contribution is 2.06. The van der Waals surface area contributed by atoms with Gasteiger partial charge in [0.2, 0.25) is 0 Å². The molecule has 16 heavy (non-hydrogen) atoms. The maximum absolute atomic E-state index is 11.3. The Morgan fingerprint density at radius 3 is 2.75 bits per heavy atom. The Morgan fingerprint density at radius 1 is 1.50 bits per heavy atom. The highest BCUT2D eigenvalue weighted by atomic mass is 16.6. The van der Waals surface area contributed by atoms with Crippen LogP contribution in [0.15, 0.2) is 23.1 Å². The zero-order valence-electron chi connectivity index (χ0n) is 8.33. The highest BCUT2D eigenvalue weighted by Gasteiger charge is 2.07. The molecule has 0 amide bonds. The first-order valence-corrected chi connectivity index (χ1v) is 4.57. The van der Waals surface area contributed by atoms with Gasteiger partial charge in [0.05, 0.1) is 11.1 Å². The van der Waals surface area contributed by atoms with Crippen molar-refractivity contribution in [3.8, 4) is 0 Å². The fourth-order valence-corrected chi connectivity index (χ4v) is 1.20. The largest absolute Gasteiger partial charge is 0.481 e. The summed E-state index contributed by atoms with van der Waals surface area (Å²) in [5.41, 5.74) is -0.564. The number of carboxylic acids is 1. The van der Waals surface area contributed by atoms with E-state index in [4.69, 9.17) is 5.11 Å². The summed E-state index contributed by atoms with van der Waals surface area (Å²) >= 11 is 0. The molecule has 0 radical (unpaired) electrons. The maximum atomic E-state index is 11.3. The van der Waals surface area contributed by atoms with Gasteiger partial charge in [-0.1, -0.05) is 0 Å². The molecule has 1 rings (SSSR count). The van der Waals surface area contributed by atoms with Crippen molar-refractivity contribution in [2.45, 2.75) is 19.4 Å². The Bertz CT molecular complexity index is 465. The lowest BCUT2D eigenvalue weighted by Gasteiger charge is -2.03. The second kappa shape index (κ2) is 5.06. The third-order valence-corrected chi connectivity index (χ3v) is 1.97. The van der Waals surface area contributed by atoms with E-state index >= 15 is 0 Å². The summed E-state index contributed by atoms with van der Waals surface area (Å²) in [6.07, 6.45) is 1.30. The fraction of sp³-hybridized carbons (Fsp3) is 0.333. The van der Waals surface area contributed by atoms with E-state index in [1.54, 1.807) is 0 Å². The number of hydrogen-bond donors (Lipinski definition) is 1. The van der Waals surface area contributed by atoms with E-state index in [1.807, 2.05) is 0 Å². The first-order chi connectivity index (χ1) is 7.50. The Kier molecular flexibility index (Phi) is 3.76. The second-order valence-corrected chi connectivity index (χ2v) is 3.17. The molecule has 1 aromatic rings. The van der Waals surface area contributed by atoms with Crippen molar-refractivity contribution >= 4 is 11.7 Å². The Balaban J connectivity index is 2.78. The number of aryl methyl sites for hydroxylation is 1.